The fourth-order valence-corrected chi connectivity index (χ4v) is 4.23. The number of aromatic nitrogens is 2. The minimum Gasteiger partial charge on any atom is -0.486 e. The number of furan rings is 1. The number of hydrogen-bond donors (Lipinski definition) is 1. The van der Waals surface area contributed by atoms with E-state index in [0.29, 0.717) is 22.8 Å². The number of rotatable bonds is 9. The van der Waals surface area contributed by atoms with E-state index in [1.54, 1.807) is 41.2 Å². The van der Waals surface area contributed by atoms with E-state index in [9.17, 15) is 9.18 Å². The van der Waals surface area contributed by atoms with Crippen molar-refractivity contribution in [3.05, 3.63) is 137 Å². The summed E-state index contributed by atoms with van der Waals surface area (Å²) in [6.45, 7) is 4.84. The Kier molecular flexibility index (Phi) is 7.09. The molecule has 2 aromatic heterocycles. The third kappa shape index (κ3) is 5.67. The Balaban J connectivity index is 1.15. The van der Waals surface area contributed by atoms with Crippen molar-refractivity contribution in [2.75, 3.05) is 5.32 Å². The van der Waals surface area contributed by atoms with E-state index >= 15 is 0 Å². The van der Waals surface area contributed by atoms with E-state index in [1.807, 2.05) is 30.3 Å². The van der Waals surface area contributed by atoms with Gasteiger partial charge in [0.15, 0.2) is 5.76 Å². The summed E-state index contributed by atoms with van der Waals surface area (Å²) in [7, 11) is 0. The lowest BCUT2D eigenvalue weighted by molar-refractivity contribution is 0.0992. The van der Waals surface area contributed by atoms with Crippen molar-refractivity contribution in [1.29, 1.82) is 0 Å². The highest BCUT2D eigenvalue weighted by Crippen LogP contribution is 2.32. The predicted molar refractivity (Wildman–Crippen MR) is 144 cm³/mol. The average molecular weight is 510 g/mol. The van der Waals surface area contributed by atoms with E-state index in [-0.39, 0.29) is 30.1 Å². The summed E-state index contributed by atoms with van der Waals surface area (Å²) in [4.78, 5) is 12.6. The van der Waals surface area contributed by atoms with Gasteiger partial charge in [-0.15, -0.1) is 0 Å². The maximum atomic E-state index is 13.9. The highest BCUT2D eigenvalue weighted by molar-refractivity contribution is 6.02. The molecule has 0 aliphatic rings. The normalized spacial score (nSPS) is 11.3. The fraction of sp³-hybridized carbons (Fsp3) is 0.161. The quantitative estimate of drug-likeness (QED) is 0.237. The van der Waals surface area contributed by atoms with Crippen LogP contribution in [-0.2, 0) is 18.6 Å². The van der Waals surface area contributed by atoms with Gasteiger partial charge in [-0.1, -0.05) is 74.5 Å². The van der Waals surface area contributed by atoms with Crippen LogP contribution in [0.5, 0.6) is 5.75 Å². The molecule has 0 radical (unpaired) electrons. The van der Waals surface area contributed by atoms with Crippen molar-refractivity contribution in [2.45, 2.75) is 32.4 Å². The molecule has 1 N–H and O–H groups in total. The molecule has 0 bridgehead atoms. The minimum atomic E-state index is -0.408. The Morgan fingerprint density at radius 1 is 0.947 bits per heavy atom. The molecular weight excluding hydrogens is 481 g/mol. The van der Waals surface area contributed by atoms with Crippen molar-refractivity contribution >= 4 is 11.6 Å². The first-order valence-electron chi connectivity index (χ1n) is 12.3. The summed E-state index contributed by atoms with van der Waals surface area (Å²) in [5.74, 6) is 0.687. The molecule has 0 spiro atoms. The SMILES string of the molecule is CC(C)(c1ccccc1)c1ccc(OCc2ccc(C(=O)Nc3cnn(Cc4ccccc4F)c3)o2)cc1. The van der Waals surface area contributed by atoms with Gasteiger partial charge in [-0.3, -0.25) is 9.48 Å². The Morgan fingerprint density at radius 3 is 2.42 bits per heavy atom. The summed E-state index contributed by atoms with van der Waals surface area (Å²) < 4.78 is 27.0. The highest BCUT2D eigenvalue weighted by atomic mass is 19.1. The van der Waals surface area contributed by atoms with Gasteiger partial charge in [-0.05, 0) is 41.5 Å². The monoisotopic (exact) mass is 509 g/mol. The van der Waals surface area contributed by atoms with E-state index in [4.69, 9.17) is 9.15 Å². The second-order valence-corrected chi connectivity index (χ2v) is 9.54. The summed E-state index contributed by atoms with van der Waals surface area (Å²) in [5, 5.41) is 6.94. The van der Waals surface area contributed by atoms with Crippen LogP contribution in [0.15, 0.2) is 108 Å². The van der Waals surface area contributed by atoms with Crippen LogP contribution < -0.4 is 10.1 Å². The molecule has 1 amide bonds. The topological polar surface area (TPSA) is 69.3 Å². The van der Waals surface area contributed by atoms with Crippen LogP contribution in [0.3, 0.4) is 0 Å². The van der Waals surface area contributed by atoms with E-state index in [2.05, 4.69) is 48.5 Å². The fourth-order valence-electron chi connectivity index (χ4n) is 4.23. The number of amides is 1. The molecule has 192 valence electrons. The van der Waals surface area contributed by atoms with Crippen molar-refractivity contribution < 1.29 is 18.3 Å². The summed E-state index contributed by atoms with van der Waals surface area (Å²) in [6, 6.07) is 28.2. The number of benzene rings is 3. The van der Waals surface area contributed by atoms with Gasteiger partial charge < -0.3 is 14.5 Å². The molecule has 0 atom stereocenters. The van der Waals surface area contributed by atoms with Gasteiger partial charge in [-0.2, -0.15) is 5.10 Å². The largest absolute Gasteiger partial charge is 0.486 e. The van der Waals surface area contributed by atoms with Crippen LogP contribution in [0.4, 0.5) is 10.1 Å². The molecule has 0 saturated carbocycles. The van der Waals surface area contributed by atoms with Gasteiger partial charge in [0.1, 0.15) is 23.9 Å². The number of nitrogens with one attached hydrogen (secondary N) is 1. The first kappa shape index (κ1) is 25.0. The van der Waals surface area contributed by atoms with Crippen LogP contribution in [0.2, 0.25) is 0 Å². The Bertz CT molecular complexity index is 1520. The predicted octanol–water partition coefficient (Wildman–Crippen LogP) is 6.82. The van der Waals surface area contributed by atoms with Crippen LogP contribution >= 0.6 is 0 Å². The summed E-state index contributed by atoms with van der Waals surface area (Å²) >= 11 is 0. The molecule has 0 fully saturated rings. The van der Waals surface area contributed by atoms with Crippen molar-refractivity contribution in [1.82, 2.24) is 9.78 Å². The molecule has 7 heteroatoms. The van der Waals surface area contributed by atoms with Gasteiger partial charge in [0.2, 0.25) is 0 Å². The number of anilines is 1. The number of halogens is 1. The second-order valence-electron chi connectivity index (χ2n) is 9.54. The second kappa shape index (κ2) is 10.8. The summed E-state index contributed by atoms with van der Waals surface area (Å²) in [5.41, 5.74) is 3.30. The zero-order valence-corrected chi connectivity index (χ0v) is 21.2. The zero-order chi connectivity index (χ0) is 26.5. The van der Waals surface area contributed by atoms with E-state index in [0.717, 1.165) is 0 Å². The highest BCUT2D eigenvalue weighted by Gasteiger charge is 2.22. The molecule has 5 rings (SSSR count). The first-order valence-corrected chi connectivity index (χ1v) is 12.3. The van der Waals surface area contributed by atoms with Crippen LogP contribution in [-0.4, -0.2) is 15.7 Å². The third-order valence-corrected chi connectivity index (χ3v) is 6.52. The Hall–Kier alpha value is -4.65. The Morgan fingerprint density at radius 2 is 1.66 bits per heavy atom. The molecule has 0 aliphatic heterocycles. The maximum Gasteiger partial charge on any atom is 0.291 e. The van der Waals surface area contributed by atoms with Crippen molar-refractivity contribution in [2.24, 2.45) is 0 Å². The molecule has 0 unspecified atom stereocenters. The van der Waals surface area contributed by atoms with E-state index < -0.39 is 5.91 Å². The van der Waals surface area contributed by atoms with Gasteiger partial charge in [0.25, 0.3) is 5.91 Å². The molecule has 3 aromatic carbocycles. The lowest BCUT2D eigenvalue weighted by Gasteiger charge is -2.26. The lowest BCUT2D eigenvalue weighted by atomic mass is 9.78. The number of hydrogen-bond acceptors (Lipinski definition) is 4. The van der Waals surface area contributed by atoms with Gasteiger partial charge in [0, 0.05) is 17.2 Å². The van der Waals surface area contributed by atoms with Crippen LogP contribution in [0, 0.1) is 5.82 Å². The van der Waals surface area contributed by atoms with E-state index in [1.165, 1.54) is 23.4 Å². The average Bonchev–Trinajstić information content (AvgIpc) is 3.59. The van der Waals surface area contributed by atoms with Crippen molar-refractivity contribution in [3.8, 4) is 5.75 Å². The molecule has 0 saturated heterocycles. The zero-order valence-electron chi connectivity index (χ0n) is 21.2. The molecule has 0 aliphatic carbocycles. The number of nitrogens with zero attached hydrogens (tertiary/aromatic N) is 2. The number of ether oxygens (including phenoxy) is 1. The molecule has 5 aromatic rings. The smallest absolute Gasteiger partial charge is 0.291 e. The van der Waals surface area contributed by atoms with Crippen LogP contribution in [0.1, 0.15) is 46.9 Å². The summed E-state index contributed by atoms with van der Waals surface area (Å²) in [6.07, 6.45) is 3.15. The Labute approximate surface area is 220 Å². The molecular formula is C31H28FN3O3. The maximum absolute atomic E-state index is 13.9. The minimum absolute atomic E-state index is 0.128. The standard InChI is InChI=1S/C31H28FN3O3/c1-31(2,23-9-4-3-5-10-23)24-12-14-26(15-13-24)37-21-27-16-17-29(38-27)30(36)34-25-18-33-35(20-25)19-22-8-6-7-11-28(22)32/h3-18,20H,19,21H2,1-2H3,(H,34,36). The number of carbonyl (C=O) groups excluding carboxylic acids is 1. The van der Waals surface area contributed by atoms with Crippen LogP contribution in [0.25, 0.3) is 0 Å². The number of carbonyl (C=O) groups is 1. The molecule has 38 heavy (non-hydrogen) atoms. The third-order valence-electron chi connectivity index (χ3n) is 6.52. The first-order chi connectivity index (χ1) is 18.4. The van der Waals surface area contributed by atoms with Gasteiger partial charge >= 0.3 is 0 Å². The lowest BCUT2D eigenvalue weighted by Crippen LogP contribution is -2.18. The molecule has 2 heterocycles. The van der Waals surface area contributed by atoms with Crippen molar-refractivity contribution in [3.63, 3.8) is 0 Å². The van der Waals surface area contributed by atoms with Gasteiger partial charge in [-0.25, -0.2) is 4.39 Å². The van der Waals surface area contributed by atoms with Gasteiger partial charge in [0.05, 0.1) is 18.4 Å². The molecule has 6 nitrogen and oxygen atoms in total.